The van der Waals surface area contributed by atoms with Crippen molar-refractivity contribution in [3.63, 3.8) is 0 Å². The standard InChI is InChI=1S/C31H69IO12Si8/c1-25(2)18-46-33-45(17-15-16-32)34-47(19-26(3)4)38-49(36-46,21-28(7)8)42-52(24-31(13)14)43-50(37-46,22-29(9)10)39-48(35-45,20-27(5)6)41-51(40-47,44-52)23-30(11)12/h25-31H,15-24H2,1-14H3. The molecule has 0 aromatic carbocycles. The van der Waals surface area contributed by atoms with Crippen molar-refractivity contribution in [2.75, 3.05) is 4.43 Å². The van der Waals surface area contributed by atoms with Crippen molar-refractivity contribution in [1.82, 2.24) is 0 Å². The maximum Gasteiger partial charge on any atom is 0.479 e. The van der Waals surface area contributed by atoms with E-state index < -0.39 is 70.4 Å². The summed E-state index contributed by atoms with van der Waals surface area (Å²) in [6.45, 7) is 30.5. The first-order chi connectivity index (χ1) is 24.0. The summed E-state index contributed by atoms with van der Waals surface area (Å²) in [6, 6.07) is 4.15. The molecule has 6 heterocycles. The number of hydrogen-bond donors (Lipinski definition) is 0. The van der Waals surface area contributed by atoms with Crippen LogP contribution in [0.4, 0.5) is 0 Å². The smallest absolute Gasteiger partial charge is 0.373 e. The van der Waals surface area contributed by atoms with Crippen LogP contribution < -0.4 is 0 Å². The van der Waals surface area contributed by atoms with Gasteiger partial charge in [-0.3, -0.25) is 0 Å². The molecule has 0 radical (unpaired) electrons. The van der Waals surface area contributed by atoms with Crippen LogP contribution >= 0.6 is 22.6 Å². The fourth-order valence-corrected chi connectivity index (χ4v) is 60.8. The molecular formula is C31H69IO12Si8. The molecule has 0 aromatic heterocycles. The van der Waals surface area contributed by atoms with E-state index in [0.29, 0.717) is 48.4 Å². The van der Waals surface area contributed by atoms with Crippen LogP contribution in [0.1, 0.15) is 103 Å². The Balaban J connectivity index is 1.96. The molecule has 6 aliphatic rings. The Labute approximate surface area is 337 Å². The van der Waals surface area contributed by atoms with Gasteiger partial charge in [-0.25, -0.2) is 0 Å². The van der Waals surface area contributed by atoms with Gasteiger partial charge >= 0.3 is 70.4 Å². The maximum absolute atomic E-state index is 7.74. The van der Waals surface area contributed by atoms with E-state index >= 15 is 0 Å². The molecule has 8 bridgehead atoms. The number of hydrogen-bond acceptors (Lipinski definition) is 12. The monoisotopic (exact) mass is 984 g/mol. The minimum atomic E-state index is -3.85. The molecule has 0 atom stereocenters. The predicted octanol–water partition coefficient (Wildman–Crippen LogP) is 9.18. The van der Waals surface area contributed by atoms with E-state index in [0.717, 1.165) is 10.8 Å². The van der Waals surface area contributed by atoms with E-state index in [9.17, 15) is 0 Å². The van der Waals surface area contributed by atoms with Crippen molar-refractivity contribution < 1.29 is 49.4 Å². The zero-order valence-electron chi connectivity index (χ0n) is 34.4. The fraction of sp³-hybridized carbons (Fsp3) is 1.00. The molecule has 21 heteroatoms. The molecule has 52 heavy (non-hydrogen) atoms. The molecule has 12 nitrogen and oxygen atoms in total. The predicted molar refractivity (Wildman–Crippen MR) is 225 cm³/mol. The summed E-state index contributed by atoms with van der Waals surface area (Å²) in [4.78, 5) is 0. The van der Waals surface area contributed by atoms with E-state index in [1.807, 2.05) is 0 Å². The number of alkyl halides is 1. The molecule has 6 rings (SSSR count). The van der Waals surface area contributed by atoms with Gasteiger partial charge in [0.15, 0.2) is 0 Å². The van der Waals surface area contributed by atoms with Crippen LogP contribution in [0.15, 0.2) is 0 Å². The highest BCUT2D eigenvalue weighted by atomic mass is 127. The van der Waals surface area contributed by atoms with Crippen molar-refractivity contribution in [3.05, 3.63) is 0 Å². The highest BCUT2D eigenvalue weighted by Crippen LogP contribution is 2.55. The third-order valence-corrected chi connectivity index (χ3v) is 49.8. The largest absolute Gasteiger partial charge is 0.479 e. The second-order valence-electron chi connectivity index (χ2n) is 18.7. The lowest BCUT2D eigenvalue weighted by atomic mass is 10.3. The number of halogens is 1. The lowest BCUT2D eigenvalue weighted by molar-refractivity contribution is -0.0340. The second kappa shape index (κ2) is 16.6. The summed E-state index contributed by atoms with van der Waals surface area (Å²) < 4.78 is 93.8. The van der Waals surface area contributed by atoms with Gasteiger partial charge < -0.3 is 49.4 Å². The van der Waals surface area contributed by atoms with E-state index in [4.69, 9.17) is 49.4 Å². The van der Waals surface area contributed by atoms with Gasteiger partial charge in [0.2, 0.25) is 0 Å². The minimum absolute atomic E-state index is 0.151. The lowest BCUT2D eigenvalue weighted by Crippen LogP contribution is -2.88. The second-order valence-corrected chi connectivity index (χ2v) is 43.8. The molecule has 0 aliphatic carbocycles. The summed E-state index contributed by atoms with van der Waals surface area (Å²) in [7, 11) is -30.7. The van der Waals surface area contributed by atoms with Gasteiger partial charge in [-0.05, 0) is 52.3 Å². The summed E-state index contributed by atoms with van der Waals surface area (Å²) >= 11 is 2.42. The topological polar surface area (TPSA) is 111 Å². The maximum atomic E-state index is 7.74. The first-order valence-corrected chi connectivity index (χ1v) is 36.9. The Morgan fingerprint density at radius 3 is 0.577 bits per heavy atom. The van der Waals surface area contributed by atoms with Crippen LogP contribution in [-0.2, 0) is 49.4 Å². The van der Waals surface area contributed by atoms with E-state index in [-0.39, 0.29) is 41.4 Å². The Morgan fingerprint density at radius 1 is 0.288 bits per heavy atom. The van der Waals surface area contributed by atoms with Crippen molar-refractivity contribution in [2.45, 2.75) is 152 Å². The summed E-state index contributed by atoms with van der Waals surface area (Å²) in [5, 5.41) is 0. The van der Waals surface area contributed by atoms with Crippen LogP contribution in [0.3, 0.4) is 0 Å². The first-order valence-electron chi connectivity index (χ1n) is 19.9. The molecule has 6 saturated heterocycles. The van der Waals surface area contributed by atoms with E-state index in [1.165, 1.54) is 0 Å². The van der Waals surface area contributed by atoms with Gasteiger partial charge in [0.25, 0.3) is 0 Å². The quantitative estimate of drug-likeness (QED) is 0.0788. The SMILES string of the molecule is CC(C)C[Si]12O[Si]3(CCCI)O[Si]4(CC(C)C)O[Si](CC(C)C)(O1)O[Si]1(CC(C)C)O[Si](CC(C)C)(O2)O[Si](CC(C)C)(O3)O[Si](CC(C)C)(O4)O1. The Kier molecular flexibility index (Phi) is 14.4. The molecule has 304 valence electrons. The average Bonchev–Trinajstić information content (AvgIpc) is 2.84. The first kappa shape index (κ1) is 45.1. The van der Waals surface area contributed by atoms with Gasteiger partial charge in [0, 0.05) is 48.4 Å². The summed E-state index contributed by atoms with van der Waals surface area (Å²) in [6.07, 6.45) is 0.808. The average molecular weight is 985 g/mol. The molecule has 0 saturated carbocycles. The number of rotatable bonds is 17. The van der Waals surface area contributed by atoms with E-state index in [1.54, 1.807) is 0 Å². The Hall–Kier alpha value is 1.99. The van der Waals surface area contributed by atoms with Crippen LogP contribution in [0.2, 0.25) is 48.4 Å². The van der Waals surface area contributed by atoms with E-state index in [2.05, 4.69) is 120 Å². The third kappa shape index (κ3) is 10.4. The van der Waals surface area contributed by atoms with Crippen molar-refractivity contribution in [1.29, 1.82) is 0 Å². The fourth-order valence-electron chi connectivity index (χ4n) is 8.15. The summed E-state index contributed by atoms with van der Waals surface area (Å²) in [5.74, 6) is 1.07. The normalized spacial score (nSPS) is 41.9. The Morgan fingerprint density at radius 2 is 0.442 bits per heavy atom. The van der Waals surface area contributed by atoms with Gasteiger partial charge in [0.1, 0.15) is 0 Å². The highest BCUT2D eigenvalue weighted by molar-refractivity contribution is 14.1. The minimum Gasteiger partial charge on any atom is -0.373 e. The van der Waals surface area contributed by atoms with Crippen LogP contribution in [-0.4, -0.2) is 74.9 Å². The Bertz CT molecular complexity index is 1080. The lowest BCUT2D eigenvalue weighted by Gasteiger charge is -2.64. The summed E-state index contributed by atoms with van der Waals surface area (Å²) in [5.41, 5.74) is 0. The van der Waals surface area contributed by atoms with Crippen molar-refractivity contribution in [2.24, 2.45) is 41.4 Å². The molecule has 0 N–H and O–H groups in total. The van der Waals surface area contributed by atoms with Crippen LogP contribution in [0.25, 0.3) is 0 Å². The third-order valence-electron chi connectivity index (χ3n) is 8.96. The highest BCUT2D eigenvalue weighted by Gasteiger charge is 2.83. The van der Waals surface area contributed by atoms with Gasteiger partial charge in [-0.1, -0.05) is 120 Å². The van der Waals surface area contributed by atoms with Gasteiger partial charge in [0.05, 0.1) is 0 Å². The molecule has 6 fully saturated rings. The van der Waals surface area contributed by atoms with Gasteiger partial charge in [-0.2, -0.15) is 0 Å². The molecule has 0 unspecified atom stereocenters. The molecule has 0 aromatic rings. The van der Waals surface area contributed by atoms with Crippen LogP contribution in [0, 0.1) is 41.4 Å². The van der Waals surface area contributed by atoms with Crippen molar-refractivity contribution >= 4 is 93.0 Å². The molecular weight excluding hydrogens is 916 g/mol. The van der Waals surface area contributed by atoms with Crippen LogP contribution in [0.5, 0.6) is 0 Å². The zero-order valence-corrected chi connectivity index (χ0v) is 44.5. The molecule has 0 spiro atoms. The van der Waals surface area contributed by atoms with Crippen molar-refractivity contribution in [3.8, 4) is 0 Å². The molecule has 6 aliphatic heterocycles. The van der Waals surface area contributed by atoms with Gasteiger partial charge in [-0.15, -0.1) is 0 Å². The zero-order chi connectivity index (χ0) is 38.6. The molecule has 0 amide bonds.